The summed E-state index contributed by atoms with van der Waals surface area (Å²) in [7, 11) is 0. The highest BCUT2D eigenvalue weighted by Crippen LogP contribution is 2.37. The average molecular weight is 465 g/mol. The fraction of sp³-hybridized carbons (Fsp3) is 0.107. The van der Waals surface area contributed by atoms with E-state index in [9.17, 15) is 9.90 Å². The van der Waals surface area contributed by atoms with Gasteiger partial charge in [-0.2, -0.15) is 5.10 Å². The largest absolute Gasteiger partial charge is 0.508 e. The van der Waals surface area contributed by atoms with E-state index in [2.05, 4.69) is 15.4 Å². The second-order valence-electron chi connectivity index (χ2n) is 8.28. The van der Waals surface area contributed by atoms with Crippen LogP contribution in [-0.4, -0.2) is 26.8 Å². The van der Waals surface area contributed by atoms with Crippen LogP contribution in [0.4, 0.5) is 10.5 Å². The number of ether oxygens (including phenoxy) is 1. The number of aromatic hydroxyl groups is 1. The maximum absolute atomic E-state index is 13.3. The minimum atomic E-state index is -0.449. The highest BCUT2D eigenvalue weighted by Gasteiger charge is 2.34. The van der Waals surface area contributed by atoms with E-state index in [0.717, 1.165) is 22.6 Å². The summed E-state index contributed by atoms with van der Waals surface area (Å²) < 4.78 is 5.87. The first-order valence-electron chi connectivity index (χ1n) is 11.3. The monoisotopic (exact) mass is 464 g/mol. The van der Waals surface area contributed by atoms with Gasteiger partial charge in [-0.15, -0.1) is 0 Å². The van der Waals surface area contributed by atoms with Gasteiger partial charge in [0.25, 0.3) is 0 Å². The van der Waals surface area contributed by atoms with E-state index in [-0.39, 0.29) is 5.75 Å². The number of nitrogens with one attached hydrogen (secondary N) is 1. The molecule has 1 aliphatic rings. The molecule has 0 saturated heterocycles. The van der Waals surface area contributed by atoms with Crippen LogP contribution in [0.25, 0.3) is 0 Å². The number of hydrazone groups is 1. The third-order valence-corrected chi connectivity index (χ3v) is 5.77. The average Bonchev–Trinajstić information content (AvgIpc) is 3.33. The number of rotatable bonds is 5. The van der Waals surface area contributed by atoms with Crippen molar-refractivity contribution in [1.82, 2.24) is 9.99 Å². The third-order valence-electron chi connectivity index (χ3n) is 5.77. The molecule has 2 amide bonds. The number of hydrogen-bond donors (Lipinski definition) is 2. The van der Waals surface area contributed by atoms with Crippen molar-refractivity contribution >= 4 is 17.4 Å². The van der Waals surface area contributed by atoms with Crippen LogP contribution < -0.4 is 10.1 Å². The van der Waals surface area contributed by atoms with Crippen LogP contribution in [0.15, 0.2) is 102 Å². The molecule has 4 aromatic rings. The topological polar surface area (TPSA) is 87.0 Å². The van der Waals surface area contributed by atoms with Gasteiger partial charge >= 0.3 is 6.03 Å². The maximum atomic E-state index is 13.3. The van der Waals surface area contributed by atoms with Gasteiger partial charge in [0, 0.05) is 35.6 Å². The van der Waals surface area contributed by atoms with Crippen molar-refractivity contribution in [2.24, 2.45) is 5.10 Å². The molecule has 1 atom stereocenters. The van der Waals surface area contributed by atoms with Crippen molar-refractivity contribution in [1.29, 1.82) is 0 Å². The maximum Gasteiger partial charge on any atom is 0.342 e. The van der Waals surface area contributed by atoms with E-state index in [0.29, 0.717) is 23.4 Å². The molecule has 7 nitrogen and oxygen atoms in total. The Bertz CT molecular complexity index is 1350. The Morgan fingerprint density at radius 1 is 0.971 bits per heavy atom. The lowest BCUT2D eigenvalue weighted by Gasteiger charge is -2.23. The number of urea groups is 1. The van der Waals surface area contributed by atoms with E-state index in [1.54, 1.807) is 54.9 Å². The van der Waals surface area contributed by atoms with Crippen LogP contribution in [-0.2, 0) is 0 Å². The number of phenols is 1. The van der Waals surface area contributed by atoms with Crippen molar-refractivity contribution < 1.29 is 14.6 Å². The summed E-state index contributed by atoms with van der Waals surface area (Å²) >= 11 is 0. The number of aryl methyl sites for hydroxylation is 1. The van der Waals surface area contributed by atoms with E-state index < -0.39 is 12.1 Å². The molecule has 0 spiro atoms. The van der Waals surface area contributed by atoms with E-state index in [1.807, 2.05) is 49.4 Å². The predicted octanol–water partition coefficient (Wildman–Crippen LogP) is 6.27. The zero-order valence-corrected chi connectivity index (χ0v) is 19.1. The molecule has 0 saturated carbocycles. The molecule has 3 aromatic carbocycles. The van der Waals surface area contributed by atoms with Gasteiger partial charge in [0.1, 0.15) is 17.2 Å². The van der Waals surface area contributed by atoms with Gasteiger partial charge in [-0.1, -0.05) is 42.0 Å². The number of hydrogen-bond acceptors (Lipinski definition) is 5. The molecule has 1 aromatic heterocycles. The molecule has 2 N–H and O–H groups in total. The van der Waals surface area contributed by atoms with Gasteiger partial charge in [-0.25, -0.2) is 9.80 Å². The first kappa shape index (κ1) is 22.2. The van der Waals surface area contributed by atoms with Crippen LogP contribution in [0.2, 0.25) is 0 Å². The molecule has 2 heterocycles. The molecule has 35 heavy (non-hydrogen) atoms. The fourth-order valence-corrected chi connectivity index (χ4v) is 3.95. The Kier molecular flexibility index (Phi) is 6.13. The summed E-state index contributed by atoms with van der Waals surface area (Å²) in [6.07, 6.45) is 3.87. The minimum absolute atomic E-state index is 0.121. The molecule has 0 aliphatic carbocycles. The number of nitrogens with zero attached hydrogens (tertiary/aromatic N) is 3. The molecular weight excluding hydrogens is 440 g/mol. The van der Waals surface area contributed by atoms with Gasteiger partial charge < -0.3 is 15.2 Å². The first-order valence-corrected chi connectivity index (χ1v) is 11.3. The van der Waals surface area contributed by atoms with Gasteiger partial charge in [-0.3, -0.25) is 4.98 Å². The van der Waals surface area contributed by atoms with Crippen LogP contribution in [0.5, 0.6) is 17.2 Å². The standard InChI is InChI=1S/C28H24N4O3/c1-19-8-12-22(13-9-19)35-23-14-10-21(11-15-23)30-28(34)32-26(24-6-2-3-7-27(24)33)17-25(31-32)20-5-4-16-29-18-20/h2-16,18,26,33H,17H2,1H3,(H,30,34). The number of benzene rings is 3. The SMILES string of the molecule is Cc1ccc(Oc2ccc(NC(=O)N3N=C(c4cccnc4)CC3c3ccccc3O)cc2)cc1. The minimum Gasteiger partial charge on any atom is -0.508 e. The highest BCUT2D eigenvalue weighted by molar-refractivity contribution is 6.04. The summed E-state index contributed by atoms with van der Waals surface area (Å²) in [4.78, 5) is 17.4. The van der Waals surface area contributed by atoms with Gasteiger partial charge in [0.05, 0.1) is 11.8 Å². The number of pyridine rings is 1. The van der Waals surface area contributed by atoms with E-state index in [4.69, 9.17) is 4.74 Å². The zero-order valence-electron chi connectivity index (χ0n) is 19.1. The summed E-state index contributed by atoms with van der Waals surface area (Å²) in [5.74, 6) is 1.53. The van der Waals surface area contributed by atoms with Crippen LogP contribution in [0, 0.1) is 6.92 Å². The number of anilines is 1. The molecule has 0 bridgehead atoms. The van der Waals surface area contributed by atoms with E-state index >= 15 is 0 Å². The lowest BCUT2D eigenvalue weighted by Crippen LogP contribution is -2.31. The third kappa shape index (κ3) is 4.99. The number of carbonyl (C=O) groups is 1. The van der Waals surface area contributed by atoms with Crippen molar-refractivity contribution in [3.63, 3.8) is 0 Å². The normalized spacial score (nSPS) is 14.9. The summed E-state index contributed by atoms with van der Waals surface area (Å²) in [6, 6.07) is 24.8. The molecule has 1 unspecified atom stereocenters. The Balaban J connectivity index is 1.35. The van der Waals surface area contributed by atoms with Crippen molar-refractivity contribution in [3.8, 4) is 17.2 Å². The van der Waals surface area contributed by atoms with Crippen LogP contribution in [0.1, 0.15) is 29.2 Å². The number of aromatic nitrogens is 1. The quantitative estimate of drug-likeness (QED) is 0.364. The first-order chi connectivity index (χ1) is 17.1. The molecular formula is C28H24N4O3. The predicted molar refractivity (Wildman–Crippen MR) is 135 cm³/mol. The molecule has 0 radical (unpaired) electrons. The van der Waals surface area contributed by atoms with Crippen molar-refractivity contribution in [2.75, 3.05) is 5.32 Å². The Hall–Kier alpha value is -4.65. The fourth-order valence-electron chi connectivity index (χ4n) is 3.95. The lowest BCUT2D eigenvalue weighted by atomic mass is 9.98. The zero-order chi connectivity index (χ0) is 24.2. The number of carbonyl (C=O) groups excluding carboxylic acids is 1. The second-order valence-corrected chi connectivity index (χ2v) is 8.28. The van der Waals surface area contributed by atoms with Crippen molar-refractivity contribution in [2.45, 2.75) is 19.4 Å². The van der Waals surface area contributed by atoms with Crippen LogP contribution in [0.3, 0.4) is 0 Å². The summed E-state index contributed by atoms with van der Waals surface area (Å²) in [6.45, 7) is 2.02. The summed E-state index contributed by atoms with van der Waals surface area (Å²) in [5.41, 5.74) is 3.96. The number of para-hydroxylation sites is 1. The Labute approximate surface area is 203 Å². The number of phenolic OH excluding ortho intramolecular Hbond substituents is 1. The van der Waals surface area contributed by atoms with Gasteiger partial charge in [0.2, 0.25) is 0 Å². The smallest absolute Gasteiger partial charge is 0.342 e. The summed E-state index contributed by atoms with van der Waals surface area (Å²) in [5, 5.41) is 19.3. The highest BCUT2D eigenvalue weighted by atomic mass is 16.5. The van der Waals surface area contributed by atoms with Crippen molar-refractivity contribution in [3.05, 3.63) is 114 Å². The Morgan fingerprint density at radius 3 is 2.37 bits per heavy atom. The van der Waals surface area contributed by atoms with Gasteiger partial charge in [0.15, 0.2) is 0 Å². The Morgan fingerprint density at radius 2 is 1.69 bits per heavy atom. The molecule has 0 fully saturated rings. The molecule has 1 aliphatic heterocycles. The van der Waals surface area contributed by atoms with E-state index in [1.165, 1.54) is 5.01 Å². The number of amides is 2. The lowest BCUT2D eigenvalue weighted by molar-refractivity contribution is 0.199. The van der Waals surface area contributed by atoms with Crippen LogP contribution >= 0.6 is 0 Å². The second kappa shape index (κ2) is 9.69. The van der Waals surface area contributed by atoms with Gasteiger partial charge in [-0.05, 0) is 55.5 Å². The molecule has 5 rings (SSSR count). The molecule has 174 valence electrons. The molecule has 7 heteroatoms.